The van der Waals surface area contributed by atoms with E-state index in [4.69, 9.17) is 10.2 Å². The fourth-order valence-corrected chi connectivity index (χ4v) is 1.55. The van der Waals surface area contributed by atoms with E-state index in [2.05, 4.69) is 5.32 Å². The predicted molar refractivity (Wildman–Crippen MR) is 66.3 cm³/mol. The molecule has 0 bridgehead atoms. The maximum Gasteiger partial charge on any atom is 0.237 e. The van der Waals surface area contributed by atoms with Crippen LogP contribution in [0.1, 0.15) is 19.6 Å². The number of carbonyl (C=O) groups is 1. The number of nitrogens with two attached hydrogens (primary N) is 1. The second kappa shape index (κ2) is 6.42. The van der Waals surface area contributed by atoms with E-state index in [1.807, 2.05) is 31.9 Å². The van der Waals surface area contributed by atoms with Gasteiger partial charge in [-0.15, -0.1) is 0 Å². The highest BCUT2D eigenvalue weighted by atomic mass is 16.3. The molecule has 0 saturated carbocycles. The number of amides is 1. The lowest BCUT2D eigenvalue weighted by atomic mass is 10.2. The van der Waals surface area contributed by atoms with Gasteiger partial charge < -0.3 is 15.5 Å². The molecule has 17 heavy (non-hydrogen) atoms. The topological polar surface area (TPSA) is 71.5 Å². The van der Waals surface area contributed by atoms with Crippen LogP contribution in [0.2, 0.25) is 0 Å². The zero-order chi connectivity index (χ0) is 12.8. The molecule has 5 heteroatoms. The van der Waals surface area contributed by atoms with Gasteiger partial charge in [-0.25, -0.2) is 0 Å². The minimum absolute atomic E-state index is 0.0236. The molecule has 0 radical (unpaired) electrons. The molecule has 2 unspecified atom stereocenters. The Morgan fingerprint density at radius 2 is 2.29 bits per heavy atom. The summed E-state index contributed by atoms with van der Waals surface area (Å²) in [4.78, 5) is 13.8. The van der Waals surface area contributed by atoms with Crippen LogP contribution in [-0.4, -0.2) is 36.5 Å². The van der Waals surface area contributed by atoms with Crippen molar-refractivity contribution in [3.63, 3.8) is 0 Å². The third-order valence-corrected chi connectivity index (χ3v) is 2.63. The standard InChI is InChI=1S/C12H21N3O2/c1-9(13)8-15(3)10(2)12(16)14-7-11-5-4-6-17-11/h4-6,9-10H,7-8,13H2,1-3H3,(H,14,16). The third-order valence-electron chi connectivity index (χ3n) is 2.63. The minimum atomic E-state index is -0.198. The summed E-state index contributed by atoms with van der Waals surface area (Å²) in [5.41, 5.74) is 5.69. The van der Waals surface area contributed by atoms with Crippen molar-refractivity contribution in [1.29, 1.82) is 0 Å². The first-order chi connectivity index (χ1) is 8.00. The number of rotatable bonds is 6. The van der Waals surface area contributed by atoms with Crippen LogP contribution in [0.4, 0.5) is 0 Å². The van der Waals surface area contributed by atoms with E-state index in [-0.39, 0.29) is 18.0 Å². The summed E-state index contributed by atoms with van der Waals surface area (Å²) >= 11 is 0. The zero-order valence-corrected chi connectivity index (χ0v) is 10.6. The van der Waals surface area contributed by atoms with Crippen molar-refractivity contribution in [3.8, 4) is 0 Å². The maximum atomic E-state index is 11.8. The second-order valence-electron chi connectivity index (χ2n) is 4.39. The van der Waals surface area contributed by atoms with E-state index in [9.17, 15) is 4.79 Å². The fourth-order valence-electron chi connectivity index (χ4n) is 1.55. The summed E-state index contributed by atoms with van der Waals surface area (Å²) in [7, 11) is 1.89. The molecule has 0 aromatic carbocycles. The molecule has 2 atom stereocenters. The molecule has 1 amide bonds. The number of nitrogens with one attached hydrogen (secondary N) is 1. The number of hydrogen-bond acceptors (Lipinski definition) is 4. The van der Waals surface area contributed by atoms with E-state index in [1.165, 1.54) is 0 Å². The first kappa shape index (κ1) is 13.7. The van der Waals surface area contributed by atoms with Crippen LogP contribution in [0.25, 0.3) is 0 Å². The molecule has 5 nitrogen and oxygen atoms in total. The molecule has 0 aliphatic heterocycles. The van der Waals surface area contributed by atoms with E-state index in [0.29, 0.717) is 13.1 Å². The molecule has 1 aromatic rings. The van der Waals surface area contributed by atoms with E-state index in [0.717, 1.165) is 5.76 Å². The van der Waals surface area contributed by atoms with Crippen LogP contribution in [0.3, 0.4) is 0 Å². The Balaban J connectivity index is 2.36. The lowest BCUT2D eigenvalue weighted by molar-refractivity contribution is -0.125. The molecular formula is C12H21N3O2. The van der Waals surface area contributed by atoms with E-state index in [1.54, 1.807) is 12.3 Å². The van der Waals surface area contributed by atoms with Gasteiger partial charge in [0.2, 0.25) is 5.91 Å². The first-order valence-electron chi connectivity index (χ1n) is 5.76. The van der Waals surface area contributed by atoms with Gasteiger partial charge in [0.1, 0.15) is 5.76 Å². The van der Waals surface area contributed by atoms with Crippen molar-refractivity contribution in [2.45, 2.75) is 32.5 Å². The molecule has 0 aliphatic rings. The fraction of sp³-hybridized carbons (Fsp3) is 0.583. The maximum absolute atomic E-state index is 11.8. The highest BCUT2D eigenvalue weighted by Crippen LogP contribution is 2.01. The van der Waals surface area contributed by atoms with Crippen LogP contribution in [-0.2, 0) is 11.3 Å². The first-order valence-corrected chi connectivity index (χ1v) is 5.76. The average Bonchev–Trinajstić information content (AvgIpc) is 2.76. The molecule has 1 heterocycles. The highest BCUT2D eigenvalue weighted by molar-refractivity contribution is 5.81. The lowest BCUT2D eigenvalue weighted by Crippen LogP contribution is -2.46. The number of nitrogens with zero attached hydrogens (tertiary/aromatic N) is 1. The van der Waals surface area contributed by atoms with Gasteiger partial charge in [-0.05, 0) is 33.0 Å². The van der Waals surface area contributed by atoms with Gasteiger partial charge in [0, 0.05) is 12.6 Å². The second-order valence-corrected chi connectivity index (χ2v) is 4.39. The Hall–Kier alpha value is -1.33. The molecule has 1 rings (SSSR count). The Bertz CT molecular complexity index is 336. The van der Waals surface area contributed by atoms with E-state index < -0.39 is 0 Å². The van der Waals surface area contributed by atoms with Crippen molar-refractivity contribution < 1.29 is 9.21 Å². The van der Waals surface area contributed by atoms with Crippen LogP contribution in [0.5, 0.6) is 0 Å². The molecular weight excluding hydrogens is 218 g/mol. The highest BCUT2D eigenvalue weighted by Gasteiger charge is 2.18. The minimum Gasteiger partial charge on any atom is -0.467 e. The molecule has 1 aromatic heterocycles. The van der Waals surface area contributed by atoms with Crippen LogP contribution in [0.15, 0.2) is 22.8 Å². The molecule has 3 N–H and O–H groups in total. The molecule has 0 saturated heterocycles. The third kappa shape index (κ3) is 4.58. The van der Waals surface area contributed by atoms with Gasteiger partial charge in [0.05, 0.1) is 18.8 Å². The summed E-state index contributed by atoms with van der Waals surface area (Å²) in [5.74, 6) is 0.727. The Morgan fingerprint density at radius 1 is 1.59 bits per heavy atom. The number of carbonyl (C=O) groups excluding carboxylic acids is 1. The van der Waals surface area contributed by atoms with Crippen LogP contribution in [0, 0.1) is 0 Å². The van der Waals surface area contributed by atoms with Gasteiger partial charge >= 0.3 is 0 Å². The average molecular weight is 239 g/mol. The Kier molecular flexibility index (Phi) is 5.18. The Morgan fingerprint density at radius 3 is 2.82 bits per heavy atom. The normalized spacial score (nSPS) is 14.6. The summed E-state index contributed by atoms with van der Waals surface area (Å²) in [6.45, 7) is 4.89. The summed E-state index contributed by atoms with van der Waals surface area (Å²) in [6.07, 6.45) is 1.59. The Labute approximate surface area is 102 Å². The number of likely N-dealkylation sites (N-methyl/N-ethyl adjacent to an activating group) is 1. The largest absolute Gasteiger partial charge is 0.467 e. The summed E-state index contributed by atoms with van der Waals surface area (Å²) < 4.78 is 5.14. The van der Waals surface area contributed by atoms with Crippen molar-refractivity contribution in [2.75, 3.05) is 13.6 Å². The number of hydrogen-bond donors (Lipinski definition) is 2. The quantitative estimate of drug-likeness (QED) is 0.761. The van der Waals surface area contributed by atoms with E-state index >= 15 is 0 Å². The van der Waals surface area contributed by atoms with Gasteiger partial charge in [0.25, 0.3) is 0 Å². The van der Waals surface area contributed by atoms with Gasteiger partial charge in [-0.1, -0.05) is 0 Å². The van der Waals surface area contributed by atoms with Crippen molar-refractivity contribution in [3.05, 3.63) is 24.2 Å². The molecule has 96 valence electrons. The van der Waals surface area contributed by atoms with Crippen molar-refractivity contribution in [2.24, 2.45) is 5.73 Å². The lowest BCUT2D eigenvalue weighted by Gasteiger charge is -2.25. The SMILES string of the molecule is CC(N)CN(C)C(C)C(=O)NCc1ccco1. The summed E-state index contributed by atoms with van der Waals surface area (Å²) in [6, 6.07) is 3.49. The van der Waals surface area contributed by atoms with Gasteiger partial charge in [-0.3, -0.25) is 9.69 Å². The van der Waals surface area contributed by atoms with Crippen molar-refractivity contribution in [1.82, 2.24) is 10.2 Å². The number of furan rings is 1. The van der Waals surface area contributed by atoms with Gasteiger partial charge in [-0.2, -0.15) is 0 Å². The molecule has 0 aliphatic carbocycles. The van der Waals surface area contributed by atoms with Gasteiger partial charge in [0.15, 0.2) is 0 Å². The molecule has 0 fully saturated rings. The van der Waals surface area contributed by atoms with Crippen LogP contribution >= 0.6 is 0 Å². The van der Waals surface area contributed by atoms with Crippen LogP contribution < -0.4 is 11.1 Å². The monoisotopic (exact) mass is 239 g/mol. The predicted octanol–water partition coefficient (Wildman–Crippen LogP) is 0.563. The molecule has 0 spiro atoms. The smallest absolute Gasteiger partial charge is 0.237 e. The summed E-state index contributed by atoms with van der Waals surface area (Å²) in [5, 5.41) is 2.82. The zero-order valence-electron chi connectivity index (χ0n) is 10.6. The van der Waals surface area contributed by atoms with Crippen molar-refractivity contribution >= 4 is 5.91 Å².